The molecule has 3 aliphatic rings. The molecule has 13 heteroatoms. The first-order valence-corrected chi connectivity index (χ1v) is 20.9. The number of fused-ring (bicyclic) bond motifs is 2. The van der Waals surface area contributed by atoms with Crippen LogP contribution < -0.4 is 19.3 Å². The van der Waals surface area contributed by atoms with Gasteiger partial charge in [-0.25, -0.2) is 4.79 Å². The van der Waals surface area contributed by atoms with Crippen LogP contribution in [-0.4, -0.2) is 99.5 Å². The molecule has 0 radical (unpaired) electrons. The molecule has 1 saturated carbocycles. The molecule has 2 aromatic carbocycles. The Hall–Kier alpha value is -4.67. The minimum atomic E-state index is -1.00. The highest BCUT2D eigenvalue weighted by molar-refractivity contribution is 6.06. The van der Waals surface area contributed by atoms with Crippen molar-refractivity contribution >= 4 is 35.1 Å². The number of carbonyl (C=O) groups is 4. The van der Waals surface area contributed by atoms with Gasteiger partial charge in [-0.2, -0.15) is 5.26 Å². The number of nitriles is 1. The lowest BCUT2D eigenvalue weighted by atomic mass is 9.92. The van der Waals surface area contributed by atoms with Gasteiger partial charge in [0.25, 0.3) is 17.7 Å². The van der Waals surface area contributed by atoms with Gasteiger partial charge in [0.05, 0.1) is 35.2 Å². The first-order chi connectivity index (χ1) is 27.7. The third-order valence-electron chi connectivity index (χ3n) is 11.5. The number of hydrogen-bond donors (Lipinski definition) is 0. The Morgan fingerprint density at radius 1 is 0.828 bits per heavy atom. The van der Waals surface area contributed by atoms with Crippen LogP contribution in [0.2, 0.25) is 0 Å². The fourth-order valence-corrected chi connectivity index (χ4v) is 7.80. The van der Waals surface area contributed by atoms with E-state index >= 15 is 0 Å². The fraction of sp³-hybridized carbons (Fsp3) is 0.622. The van der Waals surface area contributed by atoms with Crippen molar-refractivity contribution in [3.8, 4) is 17.6 Å². The van der Waals surface area contributed by atoms with Crippen LogP contribution in [0.15, 0.2) is 30.3 Å². The lowest BCUT2D eigenvalue weighted by molar-refractivity contribution is -0.134. The SMILES string of the molecule is CCC1(C)Oc2cc(C#N)c(C(=O)N(C(C)C)C3CCCCC3)cc2N(CCCCOC)C1=O.CCC1(C)Oc2ccc(C(=O)OC)cc2N(CCCCOC)C1=O. The molecule has 0 saturated heterocycles. The second kappa shape index (κ2) is 20.8. The van der Waals surface area contributed by atoms with E-state index in [4.69, 9.17) is 23.7 Å². The molecule has 5 rings (SSSR count). The molecule has 13 nitrogen and oxygen atoms in total. The van der Waals surface area contributed by atoms with Crippen molar-refractivity contribution in [1.82, 2.24) is 4.90 Å². The van der Waals surface area contributed by atoms with E-state index in [1.165, 1.54) is 13.5 Å². The minimum Gasteiger partial charge on any atom is -0.476 e. The first-order valence-electron chi connectivity index (χ1n) is 20.9. The maximum absolute atomic E-state index is 13.8. The molecule has 2 heterocycles. The van der Waals surface area contributed by atoms with Crippen LogP contribution in [-0.2, 0) is 23.8 Å². The summed E-state index contributed by atoms with van der Waals surface area (Å²) in [5, 5.41) is 9.93. The summed E-state index contributed by atoms with van der Waals surface area (Å²) in [5.74, 6) is 0.314. The van der Waals surface area contributed by atoms with Gasteiger partial charge >= 0.3 is 5.97 Å². The van der Waals surface area contributed by atoms with Crippen LogP contribution in [0.3, 0.4) is 0 Å². The number of amides is 3. The summed E-state index contributed by atoms with van der Waals surface area (Å²) in [6.45, 7) is 13.8. The molecule has 0 N–H and O–H groups in total. The van der Waals surface area contributed by atoms with E-state index in [0.717, 1.165) is 51.4 Å². The predicted molar refractivity (Wildman–Crippen MR) is 223 cm³/mol. The van der Waals surface area contributed by atoms with E-state index in [1.54, 1.807) is 68.2 Å². The summed E-state index contributed by atoms with van der Waals surface area (Å²) in [5.41, 5.74) is 0.333. The van der Waals surface area contributed by atoms with Gasteiger partial charge in [0.1, 0.15) is 17.6 Å². The van der Waals surface area contributed by atoms with Gasteiger partial charge in [0.15, 0.2) is 11.2 Å². The predicted octanol–water partition coefficient (Wildman–Crippen LogP) is 7.86. The Morgan fingerprint density at radius 3 is 1.84 bits per heavy atom. The van der Waals surface area contributed by atoms with Crippen LogP contribution in [0.25, 0.3) is 0 Å². The van der Waals surface area contributed by atoms with Crippen molar-refractivity contribution in [2.45, 2.75) is 135 Å². The number of hydrogen-bond acceptors (Lipinski definition) is 10. The van der Waals surface area contributed by atoms with Crippen LogP contribution in [0.4, 0.5) is 11.4 Å². The highest BCUT2D eigenvalue weighted by Gasteiger charge is 2.45. The average Bonchev–Trinajstić information content (AvgIpc) is 3.23. The van der Waals surface area contributed by atoms with Crippen LogP contribution in [0.5, 0.6) is 11.5 Å². The maximum atomic E-state index is 13.8. The third kappa shape index (κ3) is 10.3. The summed E-state index contributed by atoms with van der Waals surface area (Å²) in [6, 6.07) is 10.8. The second-order valence-corrected chi connectivity index (χ2v) is 15.9. The average molecular weight is 805 g/mol. The number of unbranched alkanes of at least 4 members (excludes halogenated alkanes) is 2. The lowest BCUT2D eigenvalue weighted by Crippen LogP contribution is -2.54. The normalized spacial score (nSPS) is 20.2. The Kier molecular flexibility index (Phi) is 16.5. The summed E-state index contributed by atoms with van der Waals surface area (Å²) >= 11 is 0. The van der Waals surface area contributed by atoms with Crippen LogP contribution in [0, 0.1) is 11.3 Å². The van der Waals surface area contributed by atoms with Gasteiger partial charge < -0.3 is 38.4 Å². The van der Waals surface area contributed by atoms with Crippen LogP contribution in [0.1, 0.15) is 138 Å². The van der Waals surface area contributed by atoms with E-state index in [1.807, 2.05) is 32.6 Å². The summed E-state index contributed by atoms with van der Waals surface area (Å²) < 4.78 is 27.1. The van der Waals surface area contributed by atoms with E-state index in [0.29, 0.717) is 73.1 Å². The Balaban J connectivity index is 0.000000273. The van der Waals surface area contributed by atoms with Crippen molar-refractivity contribution in [2.24, 2.45) is 0 Å². The number of benzene rings is 2. The van der Waals surface area contributed by atoms with Gasteiger partial charge in [-0.1, -0.05) is 33.1 Å². The van der Waals surface area contributed by atoms with Crippen LogP contribution >= 0.6 is 0 Å². The zero-order valence-corrected chi connectivity index (χ0v) is 36.1. The Bertz CT molecular complexity index is 1800. The molecule has 318 valence electrons. The summed E-state index contributed by atoms with van der Waals surface area (Å²) in [4.78, 5) is 57.4. The smallest absolute Gasteiger partial charge is 0.337 e. The van der Waals surface area contributed by atoms with Crippen molar-refractivity contribution in [1.29, 1.82) is 5.26 Å². The van der Waals surface area contributed by atoms with E-state index in [2.05, 4.69) is 6.07 Å². The van der Waals surface area contributed by atoms with Crippen molar-refractivity contribution in [2.75, 3.05) is 57.4 Å². The van der Waals surface area contributed by atoms with E-state index in [9.17, 15) is 24.4 Å². The molecular formula is C45H64N4O9. The highest BCUT2D eigenvalue weighted by Crippen LogP contribution is 2.42. The standard InChI is InChI=1S/C27H39N3O4.C18H25NO5/c1-6-27(4)26(32)29(14-10-11-15-33-5)23-17-22(20(18-28)16-24(23)34-27)25(31)30(19(2)3)21-12-8-7-9-13-21;1-5-18(2)17(21)19(10-6-7-11-22-3)14-12-13(16(20)23-4)8-9-15(14)24-18/h16-17,19,21H,6-15H2,1-5H3;8-9,12H,5-7,10-11H2,1-4H3. The van der Waals surface area contributed by atoms with E-state index < -0.39 is 17.2 Å². The molecular weight excluding hydrogens is 741 g/mol. The van der Waals surface area contributed by atoms with Gasteiger partial charge in [0, 0.05) is 58.7 Å². The largest absolute Gasteiger partial charge is 0.476 e. The number of anilines is 2. The zero-order chi connectivity index (χ0) is 42.6. The molecule has 1 fully saturated rings. The fourth-order valence-electron chi connectivity index (χ4n) is 7.80. The third-order valence-corrected chi connectivity index (χ3v) is 11.5. The number of ether oxygens (including phenoxy) is 5. The molecule has 2 unspecified atom stereocenters. The number of nitrogens with zero attached hydrogens (tertiary/aromatic N) is 4. The number of rotatable bonds is 16. The van der Waals surface area contributed by atoms with E-state index in [-0.39, 0.29) is 35.4 Å². The molecule has 0 aromatic heterocycles. The van der Waals surface area contributed by atoms with Crippen molar-refractivity contribution in [3.63, 3.8) is 0 Å². The molecule has 0 bridgehead atoms. The quantitative estimate of drug-likeness (QED) is 0.121. The van der Waals surface area contributed by atoms with Gasteiger partial charge in [0.2, 0.25) is 0 Å². The summed E-state index contributed by atoms with van der Waals surface area (Å²) in [7, 11) is 4.66. The lowest BCUT2D eigenvalue weighted by Gasteiger charge is -2.41. The molecule has 0 spiro atoms. The first kappa shape index (κ1) is 46.0. The monoisotopic (exact) mass is 804 g/mol. The van der Waals surface area contributed by atoms with Crippen molar-refractivity contribution in [3.05, 3.63) is 47.0 Å². The Labute approximate surface area is 344 Å². The molecule has 2 aromatic rings. The van der Waals surface area contributed by atoms with Gasteiger partial charge in [-0.05, 0) is 103 Å². The highest BCUT2D eigenvalue weighted by atomic mass is 16.5. The topological polar surface area (TPSA) is 148 Å². The molecule has 2 atom stereocenters. The van der Waals surface area contributed by atoms with Gasteiger partial charge in [-0.3, -0.25) is 14.4 Å². The molecule has 58 heavy (non-hydrogen) atoms. The number of carbonyl (C=O) groups excluding carboxylic acids is 4. The minimum absolute atomic E-state index is 0.0181. The number of methoxy groups -OCH3 is 3. The van der Waals surface area contributed by atoms with Gasteiger partial charge in [-0.15, -0.1) is 0 Å². The summed E-state index contributed by atoms with van der Waals surface area (Å²) in [6.07, 6.45) is 9.73. The Morgan fingerprint density at radius 2 is 1.36 bits per heavy atom. The molecule has 3 amide bonds. The zero-order valence-electron chi connectivity index (χ0n) is 36.1. The molecule has 1 aliphatic carbocycles. The molecule has 2 aliphatic heterocycles. The second-order valence-electron chi connectivity index (χ2n) is 15.9. The maximum Gasteiger partial charge on any atom is 0.337 e. The number of esters is 1. The van der Waals surface area contributed by atoms with Crippen molar-refractivity contribution < 1.29 is 42.9 Å².